The SMILES string of the molecule is COc1ccc(-c2nc(Cn3nnc(-c4ccccc4)n3)no2)cc1. The van der Waals surface area contributed by atoms with E-state index in [4.69, 9.17) is 9.26 Å². The van der Waals surface area contributed by atoms with E-state index >= 15 is 0 Å². The smallest absolute Gasteiger partial charge is 0.257 e. The number of hydrogen-bond acceptors (Lipinski definition) is 7. The lowest BCUT2D eigenvalue weighted by molar-refractivity contribution is 0.412. The summed E-state index contributed by atoms with van der Waals surface area (Å²) in [7, 11) is 1.62. The highest BCUT2D eigenvalue weighted by Crippen LogP contribution is 2.20. The van der Waals surface area contributed by atoms with Crippen molar-refractivity contribution < 1.29 is 9.26 Å². The standard InChI is InChI=1S/C17H14N6O2/c1-24-14-9-7-13(8-10-14)17-18-15(21-25-17)11-23-20-16(19-22-23)12-5-3-2-4-6-12/h2-10H,11H2,1H3. The largest absolute Gasteiger partial charge is 0.497 e. The second kappa shape index (κ2) is 6.52. The monoisotopic (exact) mass is 334 g/mol. The first kappa shape index (κ1) is 15.0. The van der Waals surface area contributed by atoms with Crippen LogP contribution in [0.3, 0.4) is 0 Å². The molecule has 8 nitrogen and oxygen atoms in total. The predicted molar refractivity (Wildman–Crippen MR) is 88.6 cm³/mol. The molecule has 4 aromatic rings. The molecule has 2 heterocycles. The first-order chi connectivity index (χ1) is 12.3. The third-order valence-corrected chi connectivity index (χ3v) is 3.57. The molecule has 0 unspecified atom stereocenters. The molecular weight excluding hydrogens is 320 g/mol. The summed E-state index contributed by atoms with van der Waals surface area (Å²) in [5.74, 6) is 2.23. The van der Waals surface area contributed by atoms with Gasteiger partial charge in [0.2, 0.25) is 5.82 Å². The molecule has 25 heavy (non-hydrogen) atoms. The second-order valence-electron chi connectivity index (χ2n) is 5.25. The fourth-order valence-corrected chi connectivity index (χ4v) is 2.31. The van der Waals surface area contributed by atoms with Crippen molar-refractivity contribution in [1.29, 1.82) is 0 Å². The minimum atomic E-state index is 0.277. The second-order valence-corrected chi connectivity index (χ2v) is 5.25. The van der Waals surface area contributed by atoms with E-state index in [0.717, 1.165) is 16.9 Å². The van der Waals surface area contributed by atoms with Gasteiger partial charge in [0.25, 0.3) is 5.89 Å². The van der Waals surface area contributed by atoms with Gasteiger partial charge in [-0.15, -0.1) is 10.2 Å². The van der Waals surface area contributed by atoms with Crippen molar-refractivity contribution in [2.75, 3.05) is 7.11 Å². The summed E-state index contributed by atoms with van der Waals surface area (Å²) in [5, 5.41) is 16.4. The van der Waals surface area contributed by atoms with Crippen molar-refractivity contribution in [3.05, 3.63) is 60.4 Å². The van der Waals surface area contributed by atoms with E-state index in [0.29, 0.717) is 17.5 Å². The Morgan fingerprint density at radius 3 is 2.56 bits per heavy atom. The Hall–Kier alpha value is -3.55. The fourth-order valence-electron chi connectivity index (χ4n) is 2.31. The summed E-state index contributed by atoms with van der Waals surface area (Å²) in [6.07, 6.45) is 0. The van der Waals surface area contributed by atoms with Crippen molar-refractivity contribution in [2.24, 2.45) is 0 Å². The lowest BCUT2D eigenvalue weighted by Crippen LogP contribution is -2.05. The van der Waals surface area contributed by atoms with Crippen LogP contribution in [-0.4, -0.2) is 37.5 Å². The van der Waals surface area contributed by atoms with Crippen LogP contribution in [0, 0.1) is 0 Å². The van der Waals surface area contributed by atoms with Crippen molar-refractivity contribution >= 4 is 0 Å². The van der Waals surface area contributed by atoms with Gasteiger partial charge in [0.15, 0.2) is 5.82 Å². The minimum Gasteiger partial charge on any atom is -0.497 e. The minimum absolute atomic E-state index is 0.277. The molecule has 8 heteroatoms. The molecule has 0 spiro atoms. The highest BCUT2D eigenvalue weighted by molar-refractivity contribution is 5.54. The first-order valence-electron chi connectivity index (χ1n) is 7.62. The molecule has 0 bridgehead atoms. The van der Waals surface area contributed by atoms with Crippen LogP contribution in [-0.2, 0) is 6.54 Å². The number of rotatable bonds is 5. The molecule has 0 amide bonds. The Morgan fingerprint density at radius 1 is 1.00 bits per heavy atom. The quantitative estimate of drug-likeness (QED) is 0.553. The molecule has 2 aromatic heterocycles. The average molecular weight is 334 g/mol. The lowest BCUT2D eigenvalue weighted by atomic mass is 10.2. The van der Waals surface area contributed by atoms with E-state index in [1.54, 1.807) is 7.11 Å². The van der Waals surface area contributed by atoms with Gasteiger partial charge in [-0.3, -0.25) is 0 Å². The highest BCUT2D eigenvalue weighted by Gasteiger charge is 2.12. The number of ether oxygens (including phenoxy) is 1. The van der Waals surface area contributed by atoms with Gasteiger partial charge < -0.3 is 9.26 Å². The number of methoxy groups -OCH3 is 1. The predicted octanol–water partition coefficient (Wildman–Crippen LogP) is 2.45. The Balaban J connectivity index is 1.50. The topological polar surface area (TPSA) is 91.8 Å². The summed E-state index contributed by atoms with van der Waals surface area (Å²) < 4.78 is 10.4. The van der Waals surface area contributed by atoms with E-state index < -0.39 is 0 Å². The number of tetrazole rings is 1. The van der Waals surface area contributed by atoms with Gasteiger partial charge in [-0.25, -0.2) is 0 Å². The van der Waals surface area contributed by atoms with Crippen LogP contribution in [0.2, 0.25) is 0 Å². The molecule has 0 aliphatic carbocycles. The van der Waals surface area contributed by atoms with E-state index in [1.165, 1.54) is 4.80 Å². The van der Waals surface area contributed by atoms with Crippen molar-refractivity contribution in [3.63, 3.8) is 0 Å². The zero-order valence-corrected chi connectivity index (χ0v) is 13.4. The summed E-state index contributed by atoms with van der Waals surface area (Å²) in [6, 6.07) is 17.0. The normalized spacial score (nSPS) is 10.8. The van der Waals surface area contributed by atoms with Crippen molar-refractivity contribution in [1.82, 2.24) is 30.3 Å². The van der Waals surface area contributed by atoms with Crippen LogP contribution < -0.4 is 4.74 Å². The van der Waals surface area contributed by atoms with Crippen LogP contribution in [0.4, 0.5) is 0 Å². The van der Waals surface area contributed by atoms with Gasteiger partial charge in [-0.05, 0) is 29.5 Å². The van der Waals surface area contributed by atoms with Crippen molar-refractivity contribution in [3.8, 4) is 28.6 Å². The van der Waals surface area contributed by atoms with E-state index in [9.17, 15) is 0 Å². The fraction of sp³-hybridized carbons (Fsp3) is 0.118. The van der Waals surface area contributed by atoms with Gasteiger partial charge in [-0.2, -0.15) is 9.78 Å². The molecule has 0 N–H and O–H groups in total. The molecule has 0 aliphatic rings. The number of nitrogens with zero attached hydrogens (tertiary/aromatic N) is 6. The van der Waals surface area contributed by atoms with Gasteiger partial charge >= 0.3 is 0 Å². The average Bonchev–Trinajstić information content (AvgIpc) is 3.33. The Bertz CT molecular complexity index is 962. The Morgan fingerprint density at radius 2 is 1.80 bits per heavy atom. The van der Waals surface area contributed by atoms with E-state index in [2.05, 4.69) is 25.6 Å². The van der Waals surface area contributed by atoms with Crippen molar-refractivity contribution in [2.45, 2.75) is 6.54 Å². The summed E-state index contributed by atoms with van der Waals surface area (Å²) in [4.78, 5) is 5.80. The van der Waals surface area contributed by atoms with Crippen LogP contribution in [0.5, 0.6) is 5.75 Å². The third-order valence-electron chi connectivity index (χ3n) is 3.57. The van der Waals surface area contributed by atoms with Crippen LogP contribution in [0.25, 0.3) is 22.8 Å². The molecular formula is C17H14N6O2. The molecule has 0 fully saturated rings. The summed E-state index contributed by atoms with van der Waals surface area (Å²) >= 11 is 0. The highest BCUT2D eigenvalue weighted by atomic mass is 16.5. The van der Waals surface area contributed by atoms with Crippen LogP contribution in [0.1, 0.15) is 5.82 Å². The molecule has 0 atom stereocenters. The number of benzene rings is 2. The third kappa shape index (κ3) is 3.23. The Labute approximate surface area is 143 Å². The van der Waals surface area contributed by atoms with Gasteiger partial charge in [0, 0.05) is 11.1 Å². The maximum atomic E-state index is 5.30. The molecule has 0 saturated carbocycles. The van der Waals surface area contributed by atoms with Crippen LogP contribution >= 0.6 is 0 Å². The van der Waals surface area contributed by atoms with Gasteiger partial charge in [0.1, 0.15) is 12.3 Å². The number of aromatic nitrogens is 6. The van der Waals surface area contributed by atoms with E-state index in [-0.39, 0.29) is 6.54 Å². The Kier molecular flexibility index (Phi) is 3.91. The number of hydrogen-bond donors (Lipinski definition) is 0. The zero-order valence-electron chi connectivity index (χ0n) is 13.4. The van der Waals surface area contributed by atoms with Gasteiger partial charge in [0.05, 0.1) is 7.11 Å². The van der Waals surface area contributed by atoms with E-state index in [1.807, 2.05) is 54.6 Å². The van der Waals surface area contributed by atoms with Crippen LogP contribution in [0.15, 0.2) is 59.1 Å². The molecule has 0 radical (unpaired) electrons. The molecule has 0 saturated heterocycles. The maximum absolute atomic E-state index is 5.30. The summed E-state index contributed by atoms with van der Waals surface area (Å²) in [5.41, 5.74) is 1.72. The molecule has 2 aromatic carbocycles. The van der Waals surface area contributed by atoms with Gasteiger partial charge in [-0.1, -0.05) is 35.5 Å². The molecule has 0 aliphatic heterocycles. The summed E-state index contributed by atoms with van der Waals surface area (Å²) in [6.45, 7) is 0.277. The lowest BCUT2D eigenvalue weighted by Gasteiger charge is -1.98. The molecule has 124 valence electrons. The zero-order chi connectivity index (χ0) is 17.1. The first-order valence-corrected chi connectivity index (χ1v) is 7.62. The molecule has 4 rings (SSSR count). The maximum Gasteiger partial charge on any atom is 0.257 e.